The van der Waals surface area contributed by atoms with Crippen LogP contribution in [0.15, 0.2) is 18.2 Å². The first-order chi connectivity index (χ1) is 7.54. The van der Waals surface area contributed by atoms with Gasteiger partial charge in [-0.1, -0.05) is 35.3 Å². The number of rotatable bonds is 5. The van der Waals surface area contributed by atoms with Crippen molar-refractivity contribution in [2.75, 3.05) is 0 Å². The van der Waals surface area contributed by atoms with Crippen LogP contribution in [0.1, 0.15) is 25.3 Å². The summed E-state index contributed by atoms with van der Waals surface area (Å²) in [6, 6.07) is 5.39. The Morgan fingerprint density at radius 2 is 2.25 bits per heavy atom. The van der Waals surface area contributed by atoms with Crippen molar-refractivity contribution < 1.29 is 4.92 Å². The summed E-state index contributed by atoms with van der Waals surface area (Å²) in [7, 11) is 0. The molecule has 0 bridgehead atoms. The lowest BCUT2D eigenvalue weighted by atomic mass is 10.1. The predicted molar refractivity (Wildman–Crippen MR) is 77.1 cm³/mol. The van der Waals surface area contributed by atoms with E-state index in [-0.39, 0.29) is 10.6 Å². The summed E-state index contributed by atoms with van der Waals surface area (Å²) in [6.07, 6.45) is 2.82. The molecule has 0 saturated carbocycles. The van der Waals surface area contributed by atoms with Crippen LogP contribution < -0.4 is 0 Å². The number of hydrogen-bond donors (Lipinski definition) is 0. The number of alkyl halides is 1. The third kappa shape index (κ3) is 4.01. The minimum Gasteiger partial charge on any atom is -0.258 e. The van der Waals surface area contributed by atoms with E-state index in [0.29, 0.717) is 11.2 Å². The Morgan fingerprint density at radius 1 is 1.56 bits per heavy atom. The van der Waals surface area contributed by atoms with Gasteiger partial charge in [-0.25, -0.2) is 0 Å². The number of nitro benzene ring substituents is 1. The van der Waals surface area contributed by atoms with Crippen LogP contribution in [0.4, 0.5) is 5.69 Å². The molecule has 3 nitrogen and oxygen atoms in total. The highest BCUT2D eigenvalue weighted by atomic mass is 127. The van der Waals surface area contributed by atoms with E-state index in [1.54, 1.807) is 6.07 Å². The highest BCUT2D eigenvalue weighted by Crippen LogP contribution is 2.25. The molecule has 1 aromatic rings. The van der Waals surface area contributed by atoms with Crippen molar-refractivity contribution in [1.29, 1.82) is 0 Å². The van der Waals surface area contributed by atoms with Gasteiger partial charge >= 0.3 is 0 Å². The van der Waals surface area contributed by atoms with E-state index in [1.807, 2.05) is 12.1 Å². The van der Waals surface area contributed by atoms with Crippen molar-refractivity contribution in [3.05, 3.63) is 37.4 Å². The molecule has 1 aromatic carbocycles. The molecule has 0 aliphatic carbocycles. The second kappa shape index (κ2) is 6.54. The predicted octanol–water partition coefficient (Wildman–Crippen LogP) is 4.31. The third-order valence-electron chi connectivity index (χ3n) is 2.29. The summed E-state index contributed by atoms with van der Waals surface area (Å²) in [6.45, 7) is 2.11. The van der Waals surface area contributed by atoms with Crippen molar-refractivity contribution in [3.63, 3.8) is 0 Å². The summed E-state index contributed by atoms with van der Waals surface area (Å²) >= 11 is 5.64. The molecule has 1 rings (SSSR count). The Labute approximate surface area is 117 Å². The first-order valence-electron chi connectivity index (χ1n) is 5.11. The van der Waals surface area contributed by atoms with E-state index in [4.69, 9.17) is 0 Å². The van der Waals surface area contributed by atoms with E-state index in [2.05, 4.69) is 45.4 Å². The van der Waals surface area contributed by atoms with Crippen LogP contribution >= 0.6 is 38.5 Å². The summed E-state index contributed by atoms with van der Waals surface area (Å²) in [5.74, 6) is 0. The highest BCUT2D eigenvalue weighted by Gasteiger charge is 2.16. The minimum absolute atomic E-state index is 0.229. The average Bonchev–Trinajstić information content (AvgIpc) is 2.20. The molecule has 16 heavy (non-hydrogen) atoms. The molecule has 0 aliphatic rings. The van der Waals surface area contributed by atoms with Crippen LogP contribution in [0.3, 0.4) is 0 Å². The van der Waals surface area contributed by atoms with Gasteiger partial charge < -0.3 is 0 Å². The molecule has 0 heterocycles. The van der Waals surface area contributed by atoms with Crippen LogP contribution in [0, 0.1) is 13.7 Å². The van der Waals surface area contributed by atoms with Gasteiger partial charge in [0.2, 0.25) is 0 Å². The second-order valence-corrected chi connectivity index (χ2v) is 6.16. The molecule has 88 valence electrons. The molecular weight excluding hydrogens is 385 g/mol. The molecule has 0 N–H and O–H groups in total. The molecule has 1 unspecified atom stereocenters. The highest BCUT2D eigenvalue weighted by molar-refractivity contribution is 14.1. The van der Waals surface area contributed by atoms with Crippen molar-refractivity contribution in [2.45, 2.75) is 31.0 Å². The fourth-order valence-corrected chi connectivity index (χ4v) is 2.81. The van der Waals surface area contributed by atoms with Crippen LogP contribution in [0.25, 0.3) is 0 Å². The Bertz CT molecular complexity index is 384. The Morgan fingerprint density at radius 3 is 2.81 bits per heavy atom. The molecule has 0 radical (unpaired) electrons. The van der Waals surface area contributed by atoms with Gasteiger partial charge in [-0.15, -0.1) is 0 Å². The number of hydrogen-bond acceptors (Lipinski definition) is 2. The van der Waals surface area contributed by atoms with E-state index < -0.39 is 0 Å². The van der Waals surface area contributed by atoms with Gasteiger partial charge in [0, 0.05) is 20.0 Å². The lowest BCUT2D eigenvalue weighted by Crippen LogP contribution is -2.05. The number of benzene rings is 1. The standard InChI is InChI=1S/C11H13BrINO2/c1-2-3-9(12)6-8-4-5-10(13)7-11(8)14(15)16/h4-5,7,9H,2-3,6H2,1H3. The van der Waals surface area contributed by atoms with Gasteiger partial charge in [-0.05, 0) is 41.5 Å². The Balaban J connectivity index is 2.90. The quantitative estimate of drug-likeness (QED) is 0.321. The third-order valence-corrected chi connectivity index (χ3v) is 3.74. The van der Waals surface area contributed by atoms with Crippen LogP contribution in [-0.4, -0.2) is 9.75 Å². The lowest BCUT2D eigenvalue weighted by Gasteiger charge is -2.08. The molecule has 0 amide bonds. The largest absolute Gasteiger partial charge is 0.273 e. The maximum Gasteiger partial charge on any atom is 0.273 e. The van der Waals surface area contributed by atoms with E-state index >= 15 is 0 Å². The van der Waals surface area contributed by atoms with Crippen LogP contribution in [-0.2, 0) is 6.42 Å². The van der Waals surface area contributed by atoms with E-state index in [1.165, 1.54) is 0 Å². The normalized spacial score (nSPS) is 12.4. The van der Waals surface area contributed by atoms with Crippen LogP contribution in [0.5, 0.6) is 0 Å². The van der Waals surface area contributed by atoms with Gasteiger partial charge in [0.05, 0.1) is 4.92 Å². The zero-order chi connectivity index (χ0) is 12.1. The summed E-state index contributed by atoms with van der Waals surface area (Å²) in [4.78, 5) is 10.9. The topological polar surface area (TPSA) is 43.1 Å². The smallest absolute Gasteiger partial charge is 0.258 e. The van der Waals surface area contributed by atoms with Gasteiger partial charge in [-0.2, -0.15) is 0 Å². The molecule has 0 aromatic heterocycles. The lowest BCUT2D eigenvalue weighted by molar-refractivity contribution is -0.385. The number of nitrogens with zero attached hydrogens (tertiary/aromatic N) is 1. The molecule has 0 aliphatic heterocycles. The zero-order valence-electron chi connectivity index (χ0n) is 8.95. The van der Waals surface area contributed by atoms with E-state index in [0.717, 1.165) is 22.0 Å². The summed E-state index contributed by atoms with van der Waals surface area (Å²) in [5, 5.41) is 10.9. The molecular formula is C11H13BrINO2. The van der Waals surface area contributed by atoms with Crippen molar-refractivity contribution in [2.24, 2.45) is 0 Å². The van der Waals surface area contributed by atoms with Gasteiger partial charge in [0.15, 0.2) is 0 Å². The minimum atomic E-state index is -0.302. The molecule has 0 saturated heterocycles. The molecule has 0 fully saturated rings. The fraction of sp³-hybridized carbons (Fsp3) is 0.455. The number of nitro groups is 1. The Kier molecular flexibility index (Phi) is 5.68. The monoisotopic (exact) mass is 397 g/mol. The average molecular weight is 398 g/mol. The van der Waals surface area contributed by atoms with Gasteiger partial charge in [0.1, 0.15) is 0 Å². The second-order valence-electron chi connectivity index (χ2n) is 3.62. The zero-order valence-corrected chi connectivity index (χ0v) is 12.7. The number of halogens is 2. The maximum atomic E-state index is 10.9. The summed E-state index contributed by atoms with van der Waals surface area (Å²) in [5.41, 5.74) is 1.04. The van der Waals surface area contributed by atoms with E-state index in [9.17, 15) is 10.1 Å². The SMILES string of the molecule is CCCC(Br)Cc1ccc(I)cc1[N+](=O)[O-]. The molecule has 1 atom stereocenters. The van der Waals surface area contributed by atoms with Gasteiger partial charge in [-0.3, -0.25) is 10.1 Å². The fourth-order valence-electron chi connectivity index (χ4n) is 1.53. The van der Waals surface area contributed by atoms with Crippen LogP contribution in [0.2, 0.25) is 0 Å². The molecule has 0 spiro atoms. The first-order valence-corrected chi connectivity index (χ1v) is 7.11. The Hall–Kier alpha value is -0.170. The maximum absolute atomic E-state index is 10.9. The van der Waals surface area contributed by atoms with Crippen molar-refractivity contribution in [1.82, 2.24) is 0 Å². The van der Waals surface area contributed by atoms with Gasteiger partial charge in [0.25, 0.3) is 5.69 Å². The summed E-state index contributed by atoms with van der Waals surface area (Å²) < 4.78 is 0.898. The first kappa shape index (κ1) is 13.9. The van der Waals surface area contributed by atoms with Crippen molar-refractivity contribution >= 4 is 44.2 Å². The van der Waals surface area contributed by atoms with Crippen molar-refractivity contribution in [3.8, 4) is 0 Å². The molecule has 5 heteroatoms.